The van der Waals surface area contributed by atoms with E-state index >= 15 is 0 Å². The highest BCUT2D eigenvalue weighted by atomic mass is 14.9. The monoisotopic (exact) mass is 211 g/mol. The fourth-order valence-corrected chi connectivity index (χ4v) is 2.93. The van der Waals surface area contributed by atoms with Crippen LogP contribution in [0.2, 0.25) is 0 Å². The van der Waals surface area contributed by atoms with Gasteiger partial charge in [-0.3, -0.25) is 0 Å². The molecule has 1 rings (SSSR count). The maximum Gasteiger partial charge on any atom is 0.00640 e. The first kappa shape index (κ1) is 13.0. The van der Waals surface area contributed by atoms with Gasteiger partial charge in [0.05, 0.1) is 0 Å². The van der Waals surface area contributed by atoms with Crippen molar-refractivity contribution in [1.82, 2.24) is 5.32 Å². The van der Waals surface area contributed by atoms with Crippen molar-refractivity contribution in [3.05, 3.63) is 0 Å². The summed E-state index contributed by atoms with van der Waals surface area (Å²) in [7, 11) is 2.09. The fraction of sp³-hybridized carbons (Fsp3) is 1.00. The first-order valence-corrected chi connectivity index (χ1v) is 6.68. The molecule has 1 aliphatic carbocycles. The molecule has 0 saturated heterocycles. The summed E-state index contributed by atoms with van der Waals surface area (Å²) in [5.74, 6) is 1.88. The van der Waals surface area contributed by atoms with E-state index in [1.165, 1.54) is 32.1 Å². The number of rotatable bonds is 4. The summed E-state index contributed by atoms with van der Waals surface area (Å²) in [4.78, 5) is 0. The highest BCUT2D eigenvalue weighted by molar-refractivity contribution is 4.85. The zero-order valence-corrected chi connectivity index (χ0v) is 11.3. The SMILES string of the molecule is CCC(C)(C)C1CCC(C(C)NC)CC1. The van der Waals surface area contributed by atoms with Crippen LogP contribution in [0, 0.1) is 17.3 Å². The Bertz CT molecular complexity index is 178. The zero-order valence-electron chi connectivity index (χ0n) is 11.3. The lowest BCUT2D eigenvalue weighted by atomic mass is 9.67. The van der Waals surface area contributed by atoms with Crippen molar-refractivity contribution in [3.8, 4) is 0 Å². The van der Waals surface area contributed by atoms with Crippen molar-refractivity contribution >= 4 is 0 Å². The molecule has 1 saturated carbocycles. The summed E-state index contributed by atoms with van der Waals surface area (Å²) in [5, 5.41) is 3.40. The van der Waals surface area contributed by atoms with Gasteiger partial charge in [0.25, 0.3) is 0 Å². The molecule has 90 valence electrons. The van der Waals surface area contributed by atoms with Gasteiger partial charge in [0.15, 0.2) is 0 Å². The molecule has 15 heavy (non-hydrogen) atoms. The van der Waals surface area contributed by atoms with Gasteiger partial charge in [-0.05, 0) is 56.9 Å². The Morgan fingerprint density at radius 3 is 2.13 bits per heavy atom. The lowest BCUT2D eigenvalue weighted by Crippen LogP contribution is -2.36. The number of hydrogen-bond donors (Lipinski definition) is 1. The fourth-order valence-electron chi connectivity index (χ4n) is 2.93. The van der Waals surface area contributed by atoms with Crippen LogP contribution >= 0.6 is 0 Å². The summed E-state index contributed by atoms with van der Waals surface area (Å²) in [6.07, 6.45) is 7.06. The van der Waals surface area contributed by atoms with Crippen LogP contribution in [0.15, 0.2) is 0 Å². The topological polar surface area (TPSA) is 12.0 Å². The minimum atomic E-state index is 0.563. The predicted molar refractivity (Wildman–Crippen MR) is 68.0 cm³/mol. The Balaban J connectivity index is 2.42. The summed E-state index contributed by atoms with van der Waals surface area (Å²) >= 11 is 0. The first-order chi connectivity index (χ1) is 7.01. The Labute approximate surface area is 96.0 Å². The normalized spacial score (nSPS) is 30.2. The minimum Gasteiger partial charge on any atom is -0.317 e. The van der Waals surface area contributed by atoms with Crippen molar-refractivity contribution < 1.29 is 0 Å². The molecular formula is C14H29N. The molecule has 0 aliphatic heterocycles. The molecular weight excluding hydrogens is 182 g/mol. The van der Waals surface area contributed by atoms with E-state index in [1.807, 2.05) is 0 Å². The first-order valence-electron chi connectivity index (χ1n) is 6.68. The molecule has 1 unspecified atom stereocenters. The van der Waals surface area contributed by atoms with Gasteiger partial charge >= 0.3 is 0 Å². The molecule has 1 heteroatoms. The molecule has 0 aromatic carbocycles. The average molecular weight is 211 g/mol. The molecule has 0 bridgehead atoms. The lowest BCUT2D eigenvalue weighted by Gasteiger charge is -2.40. The van der Waals surface area contributed by atoms with E-state index < -0.39 is 0 Å². The summed E-state index contributed by atoms with van der Waals surface area (Å²) < 4.78 is 0. The maximum atomic E-state index is 3.40. The molecule has 1 fully saturated rings. The van der Waals surface area contributed by atoms with E-state index in [0.29, 0.717) is 11.5 Å². The minimum absolute atomic E-state index is 0.563. The molecule has 0 heterocycles. The third-order valence-corrected chi connectivity index (χ3v) is 4.95. The van der Waals surface area contributed by atoms with Gasteiger partial charge in [0.2, 0.25) is 0 Å². The lowest BCUT2D eigenvalue weighted by molar-refractivity contribution is 0.118. The van der Waals surface area contributed by atoms with Crippen LogP contribution in [0.3, 0.4) is 0 Å². The van der Waals surface area contributed by atoms with Crippen LogP contribution in [-0.4, -0.2) is 13.1 Å². The van der Waals surface area contributed by atoms with Crippen LogP contribution in [0.5, 0.6) is 0 Å². The van der Waals surface area contributed by atoms with Crippen molar-refractivity contribution in [2.75, 3.05) is 7.05 Å². The second-order valence-electron chi connectivity index (χ2n) is 6.03. The number of nitrogens with one attached hydrogen (secondary N) is 1. The smallest absolute Gasteiger partial charge is 0.00640 e. The second-order valence-corrected chi connectivity index (χ2v) is 6.03. The Morgan fingerprint density at radius 2 is 1.73 bits per heavy atom. The molecule has 1 N–H and O–H groups in total. The molecule has 0 spiro atoms. The zero-order chi connectivity index (χ0) is 11.5. The van der Waals surface area contributed by atoms with E-state index in [1.54, 1.807) is 0 Å². The third-order valence-electron chi connectivity index (χ3n) is 4.95. The largest absolute Gasteiger partial charge is 0.317 e. The molecule has 0 amide bonds. The van der Waals surface area contributed by atoms with Gasteiger partial charge in [-0.25, -0.2) is 0 Å². The molecule has 0 aromatic heterocycles. The molecule has 1 aliphatic rings. The van der Waals surface area contributed by atoms with Crippen molar-refractivity contribution in [2.24, 2.45) is 17.3 Å². The predicted octanol–water partition coefficient (Wildman–Crippen LogP) is 3.84. The van der Waals surface area contributed by atoms with E-state index in [-0.39, 0.29) is 0 Å². The van der Waals surface area contributed by atoms with Crippen molar-refractivity contribution in [1.29, 1.82) is 0 Å². The second kappa shape index (κ2) is 5.34. The quantitative estimate of drug-likeness (QED) is 0.745. The molecule has 0 radical (unpaired) electrons. The van der Waals surface area contributed by atoms with Gasteiger partial charge in [0, 0.05) is 6.04 Å². The summed E-state index contributed by atoms with van der Waals surface area (Å²) in [6.45, 7) is 9.55. The van der Waals surface area contributed by atoms with Gasteiger partial charge in [-0.2, -0.15) is 0 Å². The standard InChI is InChI=1S/C14H29N/c1-6-14(3,4)13-9-7-12(8-10-13)11(2)15-5/h11-13,15H,6-10H2,1-5H3. The molecule has 1 nitrogen and oxygen atoms in total. The van der Waals surface area contributed by atoms with Crippen LogP contribution < -0.4 is 5.32 Å². The summed E-state index contributed by atoms with van der Waals surface area (Å²) in [5.41, 5.74) is 0.563. The van der Waals surface area contributed by atoms with Gasteiger partial charge < -0.3 is 5.32 Å². The average Bonchev–Trinajstić information content (AvgIpc) is 2.28. The van der Waals surface area contributed by atoms with E-state index in [4.69, 9.17) is 0 Å². The van der Waals surface area contributed by atoms with Crippen LogP contribution in [0.1, 0.15) is 59.8 Å². The van der Waals surface area contributed by atoms with Gasteiger partial charge in [0.1, 0.15) is 0 Å². The van der Waals surface area contributed by atoms with E-state index in [0.717, 1.165) is 11.8 Å². The maximum absolute atomic E-state index is 3.40. The van der Waals surface area contributed by atoms with Gasteiger partial charge in [-0.1, -0.05) is 27.2 Å². The highest BCUT2D eigenvalue weighted by Crippen LogP contribution is 2.42. The van der Waals surface area contributed by atoms with E-state index in [9.17, 15) is 0 Å². The Hall–Kier alpha value is -0.0400. The van der Waals surface area contributed by atoms with Crippen molar-refractivity contribution in [2.45, 2.75) is 65.8 Å². The third kappa shape index (κ3) is 3.21. The molecule has 0 aromatic rings. The van der Waals surface area contributed by atoms with Crippen LogP contribution in [0.25, 0.3) is 0 Å². The Morgan fingerprint density at radius 1 is 1.20 bits per heavy atom. The van der Waals surface area contributed by atoms with Crippen molar-refractivity contribution in [3.63, 3.8) is 0 Å². The molecule has 1 atom stereocenters. The summed E-state index contributed by atoms with van der Waals surface area (Å²) in [6, 6.07) is 0.704. The van der Waals surface area contributed by atoms with Gasteiger partial charge in [-0.15, -0.1) is 0 Å². The van der Waals surface area contributed by atoms with Crippen LogP contribution in [0.4, 0.5) is 0 Å². The Kier molecular flexibility index (Phi) is 4.64. The van der Waals surface area contributed by atoms with E-state index in [2.05, 4.69) is 40.1 Å². The van der Waals surface area contributed by atoms with Crippen LogP contribution in [-0.2, 0) is 0 Å². The highest BCUT2D eigenvalue weighted by Gasteiger charge is 2.32. The number of hydrogen-bond acceptors (Lipinski definition) is 1.